The number of hydrogen-bond acceptors (Lipinski definition) is 4. The van der Waals surface area contributed by atoms with Gasteiger partial charge in [-0.1, -0.05) is 25.1 Å². The second-order valence-corrected chi connectivity index (χ2v) is 4.94. The minimum absolute atomic E-state index is 0. The van der Waals surface area contributed by atoms with Crippen molar-refractivity contribution in [1.82, 2.24) is 10.3 Å². The molecule has 0 spiro atoms. The summed E-state index contributed by atoms with van der Waals surface area (Å²) >= 11 is 0. The molecule has 0 bridgehead atoms. The monoisotopic (exact) mass is 335 g/mol. The maximum Gasteiger partial charge on any atom is 0.251 e. The van der Waals surface area contributed by atoms with E-state index in [1.807, 2.05) is 31.2 Å². The Morgan fingerprint density at radius 1 is 1.17 bits per heavy atom. The molecule has 0 atom stereocenters. The number of hydrogen-bond donors (Lipinski definition) is 2. The van der Waals surface area contributed by atoms with Crippen LogP contribution in [-0.2, 0) is 13.1 Å². The van der Waals surface area contributed by atoms with E-state index in [4.69, 9.17) is 10.5 Å². The first kappa shape index (κ1) is 18.9. The van der Waals surface area contributed by atoms with Gasteiger partial charge in [-0.2, -0.15) is 0 Å². The van der Waals surface area contributed by atoms with E-state index in [-0.39, 0.29) is 18.3 Å². The number of halogens is 1. The highest BCUT2D eigenvalue weighted by Crippen LogP contribution is 2.08. The first-order chi connectivity index (χ1) is 10.7. The number of carbonyl (C=O) groups excluding carboxylic acids is 1. The molecule has 0 aliphatic heterocycles. The minimum atomic E-state index is -0.116. The molecule has 5 nitrogen and oxygen atoms in total. The van der Waals surface area contributed by atoms with Crippen LogP contribution >= 0.6 is 12.4 Å². The Labute approximate surface area is 142 Å². The van der Waals surface area contributed by atoms with Crippen molar-refractivity contribution >= 4 is 18.3 Å². The van der Waals surface area contributed by atoms with Gasteiger partial charge < -0.3 is 15.8 Å². The molecule has 124 valence electrons. The Balaban J connectivity index is 0.00000264. The molecular formula is C17H22ClN3O2. The van der Waals surface area contributed by atoms with Crippen LogP contribution in [0.2, 0.25) is 0 Å². The maximum absolute atomic E-state index is 12.0. The van der Waals surface area contributed by atoms with E-state index in [1.54, 1.807) is 18.3 Å². The van der Waals surface area contributed by atoms with Crippen molar-refractivity contribution < 1.29 is 9.53 Å². The predicted octanol–water partition coefficient (Wildman–Crippen LogP) is 2.68. The Hall–Kier alpha value is -2.11. The predicted molar refractivity (Wildman–Crippen MR) is 92.8 cm³/mol. The molecule has 1 aromatic heterocycles. The summed E-state index contributed by atoms with van der Waals surface area (Å²) in [5.41, 5.74) is 8.08. The fraction of sp³-hybridized carbons (Fsp3) is 0.294. The van der Waals surface area contributed by atoms with Gasteiger partial charge in [0, 0.05) is 30.9 Å². The second kappa shape index (κ2) is 9.82. The number of aromatic nitrogens is 1. The summed E-state index contributed by atoms with van der Waals surface area (Å²) in [6, 6.07) is 11.0. The molecule has 0 saturated heterocycles. The molecule has 0 unspecified atom stereocenters. The number of ether oxygens (including phenoxy) is 1. The lowest BCUT2D eigenvalue weighted by atomic mass is 10.1. The van der Waals surface area contributed by atoms with Gasteiger partial charge in [0.1, 0.15) is 0 Å². The Bertz CT molecular complexity index is 600. The number of pyridine rings is 1. The molecule has 23 heavy (non-hydrogen) atoms. The Morgan fingerprint density at radius 2 is 1.87 bits per heavy atom. The van der Waals surface area contributed by atoms with Gasteiger partial charge in [0.05, 0.1) is 6.61 Å². The summed E-state index contributed by atoms with van der Waals surface area (Å²) < 4.78 is 5.42. The van der Waals surface area contributed by atoms with Gasteiger partial charge in [-0.3, -0.25) is 4.79 Å². The molecule has 0 aliphatic rings. The van der Waals surface area contributed by atoms with Crippen LogP contribution in [0.3, 0.4) is 0 Å². The number of nitrogens with zero attached hydrogens (tertiary/aromatic N) is 1. The highest BCUT2D eigenvalue weighted by atomic mass is 35.5. The maximum atomic E-state index is 12.0. The number of amides is 1. The lowest BCUT2D eigenvalue weighted by molar-refractivity contribution is 0.0951. The van der Waals surface area contributed by atoms with Crippen LogP contribution in [0.25, 0.3) is 0 Å². The van der Waals surface area contributed by atoms with Gasteiger partial charge in [0.2, 0.25) is 5.88 Å². The molecule has 0 fully saturated rings. The van der Waals surface area contributed by atoms with Crippen LogP contribution in [0.5, 0.6) is 5.88 Å². The first-order valence-corrected chi connectivity index (χ1v) is 7.38. The van der Waals surface area contributed by atoms with E-state index in [0.29, 0.717) is 31.1 Å². The summed E-state index contributed by atoms with van der Waals surface area (Å²) in [7, 11) is 0. The SMILES string of the molecule is CCCOc1ccc(CNC(=O)c2ccc(CN)cc2)cn1.Cl. The van der Waals surface area contributed by atoms with Crippen molar-refractivity contribution in [2.75, 3.05) is 6.61 Å². The fourth-order valence-corrected chi connectivity index (χ4v) is 1.88. The topological polar surface area (TPSA) is 77.2 Å². The summed E-state index contributed by atoms with van der Waals surface area (Å²) in [6.45, 7) is 3.60. The molecule has 3 N–H and O–H groups in total. The average molecular weight is 336 g/mol. The quantitative estimate of drug-likeness (QED) is 0.815. The lowest BCUT2D eigenvalue weighted by Gasteiger charge is -2.07. The van der Waals surface area contributed by atoms with Crippen LogP contribution in [0.1, 0.15) is 34.8 Å². The van der Waals surface area contributed by atoms with Crippen molar-refractivity contribution in [1.29, 1.82) is 0 Å². The fourth-order valence-electron chi connectivity index (χ4n) is 1.88. The van der Waals surface area contributed by atoms with Crippen molar-refractivity contribution in [3.05, 3.63) is 59.3 Å². The van der Waals surface area contributed by atoms with Gasteiger partial charge in [0.25, 0.3) is 5.91 Å². The minimum Gasteiger partial charge on any atom is -0.478 e. The standard InChI is InChI=1S/C17H21N3O2.ClH/c1-2-9-22-16-8-5-14(11-19-16)12-20-17(21)15-6-3-13(10-18)4-7-15;/h3-8,11H,2,9-10,12,18H2,1H3,(H,20,21);1H. The summed E-state index contributed by atoms with van der Waals surface area (Å²) in [5.74, 6) is 0.490. The number of nitrogens with two attached hydrogens (primary N) is 1. The molecule has 1 amide bonds. The first-order valence-electron chi connectivity index (χ1n) is 7.38. The average Bonchev–Trinajstić information content (AvgIpc) is 2.58. The summed E-state index contributed by atoms with van der Waals surface area (Å²) in [4.78, 5) is 16.2. The van der Waals surface area contributed by atoms with Gasteiger partial charge in [-0.25, -0.2) is 4.98 Å². The normalized spacial score (nSPS) is 9.83. The summed E-state index contributed by atoms with van der Waals surface area (Å²) in [5, 5.41) is 2.86. The van der Waals surface area contributed by atoms with Gasteiger partial charge in [0.15, 0.2) is 0 Å². The number of carbonyl (C=O) groups is 1. The zero-order valence-electron chi connectivity index (χ0n) is 13.1. The molecule has 0 saturated carbocycles. The number of rotatable bonds is 7. The Kier molecular flexibility index (Phi) is 8.08. The molecule has 0 radical (unpaired) electrons. The molecule has 2 aromatic rings. The molecular weight excluding hydrogens is 314 g/mol. The van der Waals surface area contributed by atoms with E-state index in [1.165, 1.54) is 0 Å². The van der Waals surface area contributed by atoms with Crippen molar-refractivity contribution in [2.45, 2.75) is 26.4 Å². The van der Waals surface area contributed by atoms with Crippen molar-refractivity contribution in [3.63, 3.8) is 0 Å². The zero-order valence-corrected chi connectivity index (χ0v) is 13.9. The zero-order chi connectivity index (χ0) is 15.8. The van der Waals surface area contributed by atoms with Crippen molar-refractivity contribution in [3.8, 4) is 5.88 Å². The van der Waals surface area contributed by atoms with E-state index >= 15 is 0 Å². The van der Waals surface area contributed by atoms with Crippen LogP contribution in [-0.4, -0.2) is 17.5 Å². The molecule has 1 heterocycles. The summed E-state index contributed by atoms with van der Waals surface area (Å²) in [6.07, 6.45) is 2.66. The number of nitrogens with one attached hydrogen (secondary N) is 1. The van der Waals surface area contributed by atoms with Gasteiger partial charge >= 0.3 is 0 Å². The molecule has 0 aliphatic carbocycles. The number of benzene rings is 1. The third-order valence-corrected chi connectivity index (χ3v) is 3.16. The van der Waals surface area contributed by atoms with Gasteiger partial charge in [-0.15, -0.1) is 12.4 Å². The smallest absolute Gasteiger partial charge is 0.251 e. The largest absolute Gasteiger partial charge is 0.478 e. The van der Waals surface area contributed by atoms with E-state index in [0.717, 1.165) is 17.5 Å². The second-order valence-electron chi connectivity index (χ2n) is 4.94. The van der Waals surface area contributed by atoms with Crippen LogP contribution in [0.15, 0.2) is 42.6 Å². The highest BCUT2D eigenvalue weighted by molar-refractivity contribution is 5.94. The van der Waals surface area contributed by atoms with Crippen LogP contribution in [0, 0.1) is 0 Å². The highest BCUT2D eigenvalue weighted by Gasteiger charge is 2.05. The molecule has 6 heteroatoms. The van der Waals surface area contributed by atoms with E-state index in [2.05, 4.69) is 10.3 Å². The van der Waals surface area contributed by atoms with Gasteiger partial charge in [-0.05, 0) is 29.7 Å². The van der Waals surface area contributed by atoms with E-state index in [9.17, 15) is 4.79 Å². The van der Waals surface area contributed by atoms with Crippen LogP contribution < -0.4 is 15.8 Å². The molecule has 1 aromatic carbocycles. The molecule has 2 rings (SSSR count). The van der Waals surface area contributed by atoms with Crippen molar-refractivity contribution in [2.24, 2.45) is 5.73 Å². The van der Waals surface area contributed by atoms with Crippen LogP contribution in [0.4, 0.5) is 0 Å². The third-order valence-electron chi connectivity index (χ3n) is 3.16. The lowest BCUT2D eigenvalue weighted by Crippen LogP contribution is -2.22. The third kappa shape index (κ3) is 5.88. The Morgan fingerprint density at radius 3 is 2.43 bits per heavy atom. The van der Waals surface area contributed by atoms with E-state index < -0.39 is 0 Å².